The third kappa shape index (κ3) is 2.02. The lowest BCUT2D eigenvalue weighted by molar-refractivity contribution is 0.248. The molecule has 3 N–H and O–H groups in total. The molecule has 2 atom stereocenters. The first-order chi connectivity index (χ1) is 7.63. The maximum absolute atomic E-state index is 6.25. The number of rotatable bonds is 3. The number of aromatic nitrogens is 1. The molecule has 2 heterocycles. The first-order valence-electron chi connectivity index (χ1n) is 6.29. The van der Waals surface area contributed by atoms with E-state index in [0.29, 0.717) is 12.1 Å². The average Bonchev–Trinajstić information content (AvgIpc) is 2.71. The van der Waals surface area contributed by atoms with Crippen molar-refractivity contribution in [2.45, 2.75) is 45.7 Å². The molecule has 1 aliphatic rings. The molecule has 1 aromatic rings. The summed E-state index contributed by atoms with van der Waals surface area (Å²) in [5, 5.41) is 0. The van der Waals surface area contributed by atoms with Gasteiger partial charge in [0, 0.05) is 24.0 Å². The Hall–Kier alpha value is -0.800. The van der Waals surface area contributed by atoms with Crippen LogP contribution in [-0.2, 0) is 0 Å². The molecule has 0 aromatic carbocycles. The van der Waals surface area contributed by atoms with Crippen LogP contribution in [0.1, 0.15) is 42.8 Å². The van der Waals surface area contributed by atoms with Gasteiger partial charge in [-0.15, -0.1) is 0 Å². The summed E-state index contributed by atoms with van der Waals surface area (Å²) in [6.07, 6.45) is 2.32. The average molecular weight is 221 g/mol. The topological polar surface area (TPSA) is 45.0 Å². The molecule has 3 heteroatoms. The fourth-order valence-corrected chi connectivity index (χ4v) is 2.90. The van der Waals surface area contributed by atoms with Crippen molar-refractivity contribution >= 4 is 0 Å². The Morgan fingerprint density at radius 2 is 2.25 bits per heavy atom. The predicted octanol–water partition coefficient (Wildman–Crippen LogP) is 2.12. The first kappa shape index (κ1) is 11.7. The highest BCUT2D eigenvalue weighted by molar-refractivity contribution is 5.30. The summed E-state index contributed by atoms with van der Waals surface area (Å²) in [6, 6.07) is 2.97. The van der Waals surface area contributed by atoms with Crippen molar-refractivity contribution in [3.8, 4) is 0 Å². The number of hydrogen-bond acceptors (Lipinski definition) is 2. The summed E-state index contributed by atoms with van der Waals surface area (Å²) in [6.45, 7) is 8.79. The van der Waals surface area contributed by atoms with E-state index in [9.17, 15) is 0 Å². The van der Waals surface area contributed by atoms with Gasteiger partial charge < -0.3 is 10.7 Å². The number of likely N-dealkylation sites (tertiary alicyclic amines) is 1. The Morgan fingerprint density at radius 1 is 1.50 bits per heavy atom. The van der Waals surface area contributed by atoms with E-state index in [1.807, 2.05) is 0 Å². The minimum absolute atomic E-state index is 0.292. The Labute approximate surface area is 98.0 Å². The third-order valence-electron chi connectivity index (χ3n) is 3.57. The fraction of sp³-hybridized carbons (Fsp3) is 0.692. The molecule has 16 heavy (non-hydrogen) atoms. The van der Waals surface area contributed by atoms with Gasteiger partial charge in [0.15, 0.2) is 0 Å². The monoisotopic (exact) mass is 221 g/mol. The van der Waals surface area contributed by atoms with Gasteiger partial charge in [0.1, 0.15) is 0 Å². The van der Waals surface area contributed by atoms with E-state index in [-0.39, 0.29) is 0 Å². The van der Waals surface area contributed by atoms with Crippen LogP contribution in [0.3, 0.4) is 0 Å². The fourth-order valence-electron chi connectivity index (χ4n) is 2.90. The second kappa shape index (κ2) is 4.60. The van der Waals surface area contributed by atoms with Crippen LogP contribution in [0.25, 0.3) is 0 Å². The van der Waals surface area contributed by atoms with Crippen molar-refractivity contribution in [3.05, 3.63) is 23.0 Å². The Balaban J connectivity index is 2.26. The summed E-state index contributed by atoms with van der Waals surface area (Å²) < 4.78 is 0. The van der Waals surface area contributed by atoms with Crippen molar-refractivity contribution in [1.82, 2.24) is 9.88 Å². The number of hydrogen-bond donors (Lipinski definition) is 2. The van der Waals surface area contributed by atoms with Gasteiger partial charge in [-0.05, 0) is 44.9 Å². The summed E-state index contributed by atoms with van der Waals surface area (Å²) >= 11 is 0. The summed E-state index contributed by atoms with van der Waals surface area (Å²) in [7, 11) is 0. The Bertz CT molecular complexity index is 354. The van der Waals surface area contributed by atoms with Gasteiger partial charge in [-0.3, -0.25) is 4.90 Å². The van der Waals surface area contributed by atoms with Crippen LogP contribution < -0.4 is 5.73 Å². The van der Waals surface area contributed by atoms with Gasteiger partial charge in [0.25, 0.3) is 0 Å². The number of aromatic amines is 1. The molecular formula is C13H23N3. The number of nitrogens with one attached hydrogen (secondary N) is 1. The quantitative estimate of drug-likeness (QED) is 0.821. The lowest BCUT2D eigenvalue weighted by Crippen LogP contribution is -2.32. The number of nitrogens with zero attached hydrogens (tertiary/aromatic N) is 1. The van der Waals surface area contributed by atoms with Crippen molar-refractivity contribution in [3.63, 3.8) is 0 Å². The zero-order valence-corrected chi connectivity index (χ0v) is 10.6. The van der Waals surface area contributed by atoms with E-state index in [1.54, 1.807) is 0 Å². The van der Waals surface area contributed by atoms with Crippen LogP contribution in [0, 0.1) is 13.8 Å². The molecule has 0 radical (unpaired) electrons. The lowest BCUT2D eigenvalue weighted by atomic mass is 10.0. The van der Waals surface area contributed by atoms with E-state index in [4.69, 9.17) is 5.73 Å². The lowest BCUT2D eigenvalue weighted by Gasteiger charge is -2.26. The van der Waals surface area contributed by atoms with Crippen molar-refractivity contribution in [1.29, 1.82) is 0 Å². The minimum Gasteiger partial charge on any atom is -0.362 e. The molecule has 1 aliphatic heterocycles. The largest absolute Gasteiger partial charge is 0.362 e. The van der Waals surface area contributed by atoms with E-state index < -0.39 is 0 Å². The van der Waals surface area contributed by atoms with Crippen molar-refractivity contribution in [2.75, 3.05) is 13.1 Å². The highest BCUT2D eigenvalue weighted by atomic mass is 15.2. The molecule has 3 nitrogen and oxygen atoms in total. The number of H-pyrrole nitrogens is 1. The molecule has 1 fully saturated rings. The zero-order chi connectivity index (χ0) is 11.7. The van der Waals surface area contributed by atoms with Gasteiger partial charge >= 0.3 is 0 Å². The minimum atomic E-state index is 0.292. The summed E-state index contributed by atoms with van der Waals surface area (Å²) in [5.74, 6) is 0. The summed E-state index contributed by atoms with van der Waals surface area (Å²) in [4.78, 5) is 5.91. The molecule has 0 saturated carbocycles. The summed E-state index contributed by atoms with van der Waals surface area (Å²) in [5.41, 5.74) is 10.2. The number of nitrogens with two attached hydrogens (primary N) is 1. The normalized spacial score (nSPS) is 26.5. The van der Waals surface area contributed by atoms with Gasteiger partial charge in [0.2, 0.25) is 0 Å². The van der Waals surface area contributed by atoms with Crippen molar-refractivity contribution < 1.29 is 0 Å². The van der Waals surface area contributed by atoms with E-state index in [1.165, 1.54) is 23.4 Å². The maximum atomic E-state index is 6.25. The van der Waals surface area contributed by atoms with E-state index in [0.717, 1.165) is 19.5 Å². The highest BCUT2D eigenvalue weighted by Gasteiger charge is 2.33. The van der Waals surface area contributed by atoms with Crippen LogP contribution in [0.4, 0.5) is 0 Å². The van der Waals surface area contributed by atoms with Gasteiger partial charge in [0.05, 0.1) is 6.04 Å². The van der Waals surface area contributed by atoms with Crippen LogP contribution in [-0.4, -0.2) is 29.0 Å². The van der Waals surface area contributed by atoms with Crippen LogP contribution in [0.2, 0.25) is 0 Å². The van der Waals surface area contributed by atoms with Gasteiger partial charge in [-0.1, -0.05) is 6.92 Å². The Kier molecular flexibility index (Phi) is 3.36. The van der Waals surface area contributed by atoms with Gasteiger partial charge in [-0.25, -0.2) is 0 Å². The molecule has 0 aliphatic carbocycles. The molecule has 0 spiro atoms. The molecule has 0 bridgehead atoms. The molecule has 1 saturated heterocycles. The highest BCUT2D eigenvalue weighted by Crippen LogP contribution is 2.33. The van der Waals surface area contributed by atoms with E-state index in [2.05, 4.69) is 36.7 Å². The standard InChI is InChI=1S/C13H23N3/c1-4-6-16-7-5-12(14)13(16)11-8-9(2)15-10(11)3/h8,12-13,15H,4-7,14H2,1-3H3/t12-,13+/m1/s1. The van der Waals surface area contributed by atoms with Crippen LogP contribution >= 0.6 is 0 Å². The second-order valence-electron chi connectivity index (χ2n) is 4.97. The third-order valence-corrected chi connectivity index (χ3v) is 3.57. The van der Waals surface area contributed by atoms with Crippen molar-refractivity contribution in [2.24, 2.45) is 5.73 Å². The molecule has 0 amide bonds. The maximum Gasteiger partial charge on any atom is 0.0517 e. The first-order valence-corrected chi connectivity index (χ1v) is 6.29. The van der Waals surface area contributed by atoms with Gasteiger partial charge in [-0.2, -0.15) is 0 Å². The molecular weight excluding hydrogens is 198 g/mol. The molecule has 90 valence electrons. The van der Waals surface area contributed by atoms with E-state index >= 15 is 0 Å². The SMILES string of the molecule is CCCN1CC[C@@H](N)[C@@H]1c1cc(C)[nH]c1C. The molecule has 2 rings (SSSR count). The molecule has 1 aromatic heterocycles. The molecule has 0 unspecified atom stereocenters. The smallest absolute Gasteiger partial charge is 0.0517 e. The zero-order valence-electron chi connectivity index (χ0n) is 10.6. The number of aryl methyl sites for hydroxylation is 2. The van der Waals surface area contributed by atoms with Crippen LogP contribution in [0.15, 0.2) is 6.07 Å². The Morgan fingerprint density at radius 3 is 2.81 bits per heavy atom. The second-order valence-corrected chi connectivity index (χ2v) is 4.97. The predicted molar refractivity (Wildman–Crippen MR) is 67.5 cm³/mol. The van der Waals surface area contributed by atoms with Crippen LogP contribution in [0.5, 0.6) is 0 Å².